The summed E-state index contributed by atoms with van der Waals surface area (Å²) in [4.78, 5) is 26.9. The Balaban J connectivity index is 0.00000189. The highest BCUT2D eigenvalue weighted by Crippen LogP contribution is 2.41. The van der Waals surface area contributed by atoms with E-state index in [1.165, 1.54) is 42.7 Å². The number of nitrogens with one attached hydrogen (secondary N) is 3. The molecule has 41 heavy (non-hydrogen) atoms. The number of pyridine rings is 1. The SMILES string of the molecule is CC.Cc1ccc(Nc2c(C(=O)NC3CC3)c(Oc3cccc(NSN(C)C4CC4)c3Cl)c(C)c(=O)n2C)c(F)c1. The number of hydrogen-bond acceptors (Lipinski definition) is 7. The zero-order valence-corrected chi connectivity index (χ0v) is 25.8. The van der Waals surface area contributed by atoms with E-state index in [4.69, 9.17) is 16.3 Å². The minimum absolute atomic E-state index is 0.0449. The topological polar surface area (TPSA) is 87.6 Å². The van der Waals surface area contributed by atoms with Crippen molar-refractivity contribution >= 4 is 46.8 Å². The highest BCUT2D eigenvalue weighted by Gasteiger charge is 2.31. The third-order valence-electron chi connectivity index (χ3n) is 6.82. The third kappa shape index (κ3) is 7.17. The van der Waals surface area contributed by atoms with Crippen molar-refractivity contribution in [3.05, 3.63) is 74.3 Å². The molecule has 0 aliphatic heterocycles. The molecule has 0 bridgehead atoms. The Labute approximate surface area is 249 Å². The molecule has 0 atom stereocenters. The van der Waals surface area contributed by atoms with E-state index in [2.05, 4.69) is 19.7 Å². The Morgan fingerprint density at radius 1 is 1.12 bits per heavy atom. The van der Waals surface area contributed by atoms with E-state index >= 15 is 0 Å². The summed E-state index contributed by atoms with van der Waals surface area (Å²) >= 11 is 8.17. The molecule has 2 saturated carbocycles. The molecular formula is C30H37ClFN5O3S. The van der Waals surface area contributed by atoms with E-state index in [0.717, 1.165) is 18.4 Å². The van der Waals surface area contributed by atoms with Gasteiger partial charge in [0.15, 0.2) is 5.75 Å². The number of ether oxygens (including phenoxy) is 1. The van der Waals surface area contributed by atoms with Crippen LogP contribution in [0.15, 0.2) is 41.2 Å². The lowest BCUT2D eigenvalue weighted by Crippen LogP contribution is -2.31. The average Bonchev–Trinajstić information content (AvgIpc) is 3.88. The molecule has 0 radical (unpaired) electrons. The molecule has 0 unspecified atom stereocenters. The largest absolute Gasteiger partial charge is 0.454 e. The molecular weight excluding hydrogens is 565 g/mol. The molecule has 3 aromatic rings. The maximum absolute atomic E-state index is 14.8. The van der Waals surface area contributed by atoms with Crippen molar-refractivity contribution < 1.29 is 13.9 Å². The maximum Gasteiger partial charge on any atom is 0.259 e. The van der Waals surface area contributed by atoms with Crippen LogP contribution in [0.4, 0.5) is 21.6 Å². The van der Waals surface area contributed by atoms with Crippen molar-refractivity contribution in [3.8, 4) is 11.5 Å². The van der Waals surface area contributed by atoms with E-state index in [0.29, 0.717) is 16.8 Å². The molecule has 1 aromatic heterocycles. The minimum Gasteiger partial charge on any atom is -0.454 e. The van der Waals surface area contributed by atoms with E-state index in [1.807, 2.05) is 27.0 Å². The van der Waals surface area contributed by atoms with Crippen LogP contribution in [0.1, 0.15) is 61.0 Å². The highest BCUT2D eigenvalue weighted by atomic mass is 35.5. The van der Waals surface area contributed by atoms with Gasteiger partial charge >= 0.3 is 0 Å². The highest BCUT2D eigenvalue weighted by molar-refractivity contribution is 7.98. The number of benzene rings is 2. The van der Waals surface area contributed by atoms with Gasteiger partial charge in [0.2, 0.25) is 0 Å². The first-order valence-electron chi connectivity index (χ1n) is 13.8. The molecule has 11 heteroatoms. The van der Waals surface area contributed by atoms with Crippen LogP contribution in [0, 0.1) is 19.7 Å². The van der Waals surface area contributed by atoms with Crippen LogP contribution in [-0.2, 0) is 7.05 Å². The van der Waals surface area contributed by atoms with Crippen molar-refractivity contribution in [1.29, 1.82) is 0 Å². The van der Waals surface area contributed by atoms with Gasteiger partial charge in [-0.1, -0.05) is 37.6 Å². The van der Waals surface area contributed by atoms with E-state index in [1.54, 1.807) is 38.1 Å². The predicted molar refractivity (Wildman–Crippen MR) is 166 cm³/mol. The van der Waals surface area contributed by atoms with Crippen LogP contribution in [0.25, 0.3) is 0 Å². The monoisotopic (exact) mass is 601 g/mol. The molecule has 1 amide bonds. The van der Waals surface area contributed by atoms with Crippen molar-refractivity contribution in [2.75, 3.05) is 17.1 Å². The number of rotatable bonds is 10. The summed E-state index contributed by atoms with van der Waals surface area (Å²) in [6, 6.07) is 10.6. The summed E-state index contributed by atoms with van der Waals surface area (Å²) in [6.45, 7) is 7.38. The van der Waals surface area contributed by atoms with Crippen LogP contribution in [0.2, 0.25) is 5.02 Å². The van der Waals surface area contributed by atoms with Gasteiger partial charge in [-0.05, 0) is 76.4 Å². The first kappa shape index (κ1) is 30.7. The Morgan fingerprint density at radius 3 is 2.46 bits per heavy atom. The van der Waals surface area contributed by atoms with E-state index < -0.39 is 17.3 Å². The van der Waals surface area contributed by atoms with Crippen molar-refractivity contribution in [2.24, 2.45) is 7.05 Å². The second kappa shape index (κ2) is 13.2. The van der Waals surface area contributed by atoms with Crippen LogP contribution in [0.5, 0.6) is 11.5 Å². The Morgan fingerprint density at radius 2 is 1.83 bits per heavy atom. The summed E-state index contributed by atoms with van der Waals surface area (Å²) in [6.07, 6.45) is 4.07. The van der Waals surface area contributed by atoms with Gasteiger partial charge in [-0.25, -0.2) is 8.70 Å². The number of amides is 1. The molecule has 3 N–H and O–H groups in total. The van der Waals surface area contributed by atoms with Crippen LogP contribution >= 0.6 is 23.7 Å². The van der Waals surface area contributed by atoms with Gasteiger partial charge in [-0.2, -0.15) is 0 Å². The van der Waals surface area contributed by atoms with Gasteiger partial charge in [-0.15, -0.1) is 0 Å². The first-order valence-corrected chi connectivity index (χ1v) is 15.0. The molecule has 0 saturated heterocycles. The van der Waals surface area contributed by atoms with Crippen molar-refractivity contribution in [2.45, 2.75) is 65.5 Å². The number of carbonyl (C=O) groups excluding carboxylic acids is 1. The zero-order chi connectivity index (χ0) is 29.8. The quantitative estimate of drug-likeness (QED) is 0.210. The maximum atomic E-state index is 14.8. The number of hydrogen-bond donors (Lipinski definition) is 3. The molecule has 2 aliphatic carbocycles. The van der Waals surface area contributed by atoms with Crippen molar-refractivity contribution in [3.63, 3.8) is 0 Å². The number of anilines is 3. The van der Waals surface area contributed by atoms with Crippen LogP contribution in [0.3, 0.4) is 0 Å². The first-order chi connectivity index (χ1) is 19.6. The van der Waals surface area contributed by atoms with Gasteiger partial charge in [0.1, 0.15) is 28.0 Å². The summed E-state index contributed by atoms with van der Waals surface area (Å²) in [5, 5.41) is 6.25. The van der Waals surface area contributed by atoms with Gasteiger partial charge < -0.3 is 20.1 Å². The standard InChI is InChI=1S/C28H31ClFN5O3S.C2H6/c1-15-8-13-20(19(30)14-15)32-26-23(27(36)31-17-9-10-17)25(16(2)28(37)34(26)3)38-22-7-5-6-21(24(22)29)33-39-35(4)18-11-12-18;1-2/h5-8,13-14,17-18,32-33H,9-12H2,1-4H3,(H,31,36);1-2H3. The molecule has 0 spiro atoms. The number of aromatic nitrogens is 1. The fourth-order valence-corrected chi connectivity index (χ4v) is 5.18. The molecule has 220 valence electrons. The molecule has 8 nitrogen and oxygen atoms in total. The lowest BCUT2D eigenvalue weighted by atomic mass is 10.1. The number of carbonyl (C=O) groups is 1. The van der Waals surface area contributed by atoms with Gasteiger partial charge in [0.25, 0.3) is 11.5 Å². The third-order valence-corrected chi connectivity index (χ3v) is 8.11. The summed E-state index contributed by atoms with van der Waals surface area (Å²) in [5.41, 5.74) is 1.44. The lowest BCUT2D eigenvalue weighted by Gasteiger charge is -2.22. The van der Waals surface area contributed by atoms with Crippen LogP contribution < -0.4 is 25.7 Å². The fraction of sp³-hybridized carbons (Fsp3) is 0.400. The number of halogens is 2. The Bertz CT molecular complexity index is 1490. The summed E-state index contributed by atoms with van der Waals surface area (Å²) in [5.74, 6) is -0.468. The molecule has 5 rings (SSSR count). The summed E-state index contributed by atoms with van der Waals surface area (Å²) < 4.78 is 27.8. The predicted octanol–water partition coefficient (Wildman–Crippen LogP) is 7.32. The minimum atomic E-state index is -0.505. The van der Waals surface area contributed by atoms with E-state index in [9.17, 15) is 14.0 Å². The Kier molecular flexibility index (Phi) is 9.88. The van der Waals surface area contributed by atoms with Crippen LogP contribution in [-0.4, -0.2) is 33.9 Å². The van der Waals surface area contributed by atoms with Gasteiger partial charge in [0, 0.05) is 31.3 Å². The molecule has 1 heterocycles. The fourth-order valence-electron chi connectivity index (χ4n) is 4.14. The van der Waals surface area contributed by atoms with Gasteiger partial charge in [-0.3, -0.25) is 14.2 Å². The molecule has 2 fully saturated rings. The lowest BCUT2D eigenvalue weighted by molar-refractivity contribution is 0.0948. The Hall–Kier alpha value is -3.21. The second-order valence-electron chi connectivity index (χ2n) is 10.1. The number of nitrogens with zero attached hydrogens (tertiary/aromatic N) is 2. The average molecular weight is 602 g/mol. The molecule has 2 aromatic carbocycles. The van der Waals surface area contributed by atoms with E-state index in [-0.39, 0.29) is 40.2 Å². The zero-order valence-electron chi connectivity index (χ0n) is 24.2. The summed E-state index contributed by atoms with van der Waals surface area (Å²) in [7, 11) is 3.55. The smallest absolute Gasteiger partial charge is 0.259 e. The number of aryl methyl sites for hydroxylation is 1. The molecule has 2 aliphatic rings. The normalized spacial score (nSPS) is 14.3. The van der Waals surface area contributed by atoms with Gasteiger partial charge in [0.05, 0.1) is 16.9 Å². The van der Waals surface area contributed by atoms with Crippen molar-refractivity contribution in [1.82, 2.24) is 14.2 Å². The second-order valence-corrected chi connectivity index (χ2v) is 11.4.